The van der Waals surface area contributed by atoms with Gasteiger partial charge < -0.3 is 10.4 Å². The van der Waals surface area contributed by atoms with Gasteiger partial charge in [0, 0.05) is 15.3 Å². The maximum Gasteiger partial charge on any atom is 0.327 e. The highest BCUT2D eigenvalue weighted by molar-refractivity contribution is 7.81. The molecule has 1 atom stereocenters. The number of thiol groups is 1. The first-order chi connectivity index (χ1) is 8.21. The number of nitrogens with one attached hydrogen (secondary N) is 1. The summed E-state index contributed by atoms with van der Waals surface area (Å²) in [6, 6.07) is 5.12. The molecule has 0 unspecified atom stereocenters. The molecule has 1 amide bonds. The monoisotopic (exact) mass is 287 g/mol. The topological polar surface area (TPSA) is 66.4 Å². The third-order valence-corrected chi connectivity index (χ3v) is 2.85. The number of halogens is 1. The third kappa shape index (κ3) is 3.92. The number of carbonyl (C=O) groups is 2. The highest BCUT2D eigenvalue weighted by Gasteiger charge is 2.33. The van der Waals surface area contributed by atoms with Crippen LogP contribution >= 0.6 is 24.2 Å². The van der Waals surface area contributed by atoms with E-state index < -0.39 is 22.7 Å². The summed E-state index contributed by atoms with van der Waals surface area (Å²) in [7, 11) is 0. The number of amides is 1. The molecule has 2 N–H and O–H groups in total. The van der Waals surface area contributed by atoms with E-state index in [0.717, 1.165) is 0 Å². The predicted molar refractivity (Wildman–Crippen MR) is 73.4 cm³/mol. The smallest absolute Gasteiger partial charge is 0.327 e. The van der Waals surface area contributed by atoms with Crippen molar-refractivity contribution < 1.29 is 14.7 Å². The van der Waals surface area contributed by atoms with Crippen LogP contribution in [0.15, 0.2) is 24.3 Å². The van der Waals surface area contributed by atoms with E-state index in [1.165, 1.54) is 12.1 Å². The van der Waals surface area contributed by atoms with Crippen LogP contribution in [0.1, 0.15) is 24.2 Å². The number of benzene rings is 1. The maximum absolute atomic E-state index is 11.9. The van der Waals surface area contributed by atoms with Crippen LogP contribution in [-0.4, -0.2) is 27.8 Å². The summed E-state index contributed by atoms with van der Waals surface area (Å²) in [5, 5.41) is 12.0. The first-order valence-electron chi connectivity index (χ1n) is 5.23. The largest absolute Gasteiger partial charge is 0.480 e. The van der Waals surface area contributed by atoms with E-state index in [1.54, 1.807) is 26.0 Å². The molecule has 0 saturated carbocycles. The van der Waals surface area contributed by atoms with Crippen LogP contribution in [0.2, 0.25) is 5.02 Å². The summed E-state index contributed by atoms with van der Waals surface area (Å²) in [5.41, 5.74) is 0.350. The number of carbonyl (C=O) groups excluding carboxylic acids is 1. The van der Waals surface area contributed by atoms with E-state index in [4.69, 9.17) is 16.7 Å². The van der Waals surface area contributed by atoms with Gasteiger partial charge >= 0.3 is 5.97 Å². The highest BCUT2D eigenvalue weighted by atomic mass is 35.5. The maximum atomic E-state index is 11.9. The van der Waals surface area contributed by atoms with Gasteiger partial charge in [-0.2, -0.15) is 12.6 Å². The Bertz CT molecular complexity index is 453. The van der Waals surface area contributed by atoms with Crippen molar-refractivity contribution in [1.29, 1.82) is 0 Å². The van der Waals surface area contributed by atoms with Crippen molar-refractivity contribution in [2.75, 3.05) is 0 Å². The molecule has 4 nitrogen and oxygen atoms in total. The number of carboxylic acids is 1. The molecule has 0 spiro atoms. The minimum absolute atomic E-state index is 0.350. The van der Waals surface area contributed by atoms with E-state index >= 15 is 0 Å². The lowest BCUT2D eigenvalue weighted by molar-refractivity contribution is -0.139. The Balaban J connectivity index is 2.86. The molecular weight excluding hydrogens is 274 g/mol. The average Bonchev–Trinajstić information content (AvgIpc) is 2.24. The van der Waals surface area contributed by atoms with Crippen LogP contribution in [0.4, 0.5) is 0 Å². The Labute approximate surface area is 116 Å². The minimum Gasteiger partial charge on any atom is -0.480 e. The van der Waals surface area contributed by atoms with Crippen LogP contribution < -0.4 is 5.32 Å². The number of rotatable bonds is 4. The molecule has 18 heavy (non-hydrogen) atoms. The van der Waals surface area contributed by atoms with Crippen molar-refractivity contribution in [1.82, 2.24) is 5.32 Å². The number of carboxylic acid groups (broad SMARTS) is 1. The molecule has 0 radical (unpaired) electrons. The van der Waals surface area contributed by atoms with Gasteiger partial charge in [0.15, 0.2) is 0 Å². The van der Waals surface area contributed by atoms with Gasteiger partial charge in [-0.3, -0.25) is 4.79 Å². The van der Waals surface area contributed by atoms with Crippen molar-refractivity contribution in [3.8, 4) is 0 Å². The van der Waals surface area contributed by atoms with Crippen LogP contribution in [-0.2, 0) is 4.79 Å². The fraction of sp³-hybridized carbons (Fsp3) is 0.333. The Hall–Kier alpha value is -1.20. The SMILES string of the molecule is CC(C)(S)[C@H](NC(=O)c1ccc(Cl)cc1)C(=O)O. The molecule has 0 aliphatic rings. The van der Waals surface area contributed by atoms with Crippen LogP contribution in [0.3, 0.4) is 0 Å². The molecule has 1 aromatic carbocycles. The molecule has 1 rings (SSSR count). The summed E-state index contributed by atoms with van der Waals surface area (Å²) in [4.78, 5) is 22.9. The normalized spacial score (nSPS) is 12.9. The van der Waals surface area contributed by atoms with Gasteiger partial charge in [-0.05, 0) is 38.1 Å². The lowest BCUT2D eigenvalue weighted by Gasteiger charge is -2.26. The molecule has 98 valence electrons. The Kier molecular flexibility index (Phi) is 4.65. The van der Waals surface area contributed by atoms with Gasteiger partial charge in [-0.1, -0.05) is 11.6 Å². The quantitative estimate of drug-likeness (QED) is 0.744. The van der Waals surface area contributed by atoms with Crippen molar-refractivity contribution >= 4 is 36.1 Å². The van der Waals surface area contributed by atoms with Gasteiger partial charge in [0.1, 0.15) is 6.04 Å². The second-order valence-corrected chi connectivity index (χ2v) is 5.99. The lowest BCUT2D eigenvalue weighted by atomic mass is 10.0. The van der Waals surface area contributed by atoms with E-state index in [1.807, 2.05) is 0 Å². The molecule has 6 heteroatoms. The summed E-state index contributed by atoms with van der Waals surface area (Å²) in [6.45, 7) is 3.24. The average molecular weight is 288 g/mol. The lowest BCUT2D eigenvalue weighted by Crippen LogP contribution is -2.51. The fourth-order valence-electron chi connectivity index (χ4n) is 1.36. The molecule has 0 bridgehead atoms. The fourth-order valence-corrected chi connectivity index (χ4v) is 1.66. The summed E-state index contributed by atoms with van der Waals surface area (Å²) >= 11 is 9.88. The first kappa shape index (κ1) is 14.9. The highest BCUT2D eigenvalue weighted by Crippen LogP contribution is 2.18. The van der Waals surface area contributed by atoms with E-state index in [9.17, 15) is 9.59 Å². The third-order valence-electron chi connectivity index (χ3n) is 2.34. The van der Waals surface area contributed by atoms with Crippen molar-refractivity contribution in [3.05, 3.63) is 34.9 Å². The number of hydrogen-bond donors (Lipinski definition) is 3. The first-order valence-corrected chi connectivity index (χ1v) is 6.06. The molecule has 0 aliphatic carbocycles. The van der Waals surface area contributed by atoms with E-state index in [2.05, 4.69) is 17.9 Å². The number of hydrogen-bond acceptors (Lipinski definition) is 3. The van der Waals surface area contributed by atoms with Gasteiger partial charge in [0.25, 0.3) is 5.91 Å². The zero-order valence-corrected chi connectivity index (χ0v) is 11.6. The second kappa shape index (κ2) is 5.63. The summed E-state index contributed by atoms with van der Waals surface area (Å²) in [6.07, 6.45) is 0. The Morgan fingerprint density at radius 3 is 2.22 bits per heavy atom. The molecule has 0 aromatic heterocycles. The van der Waals surface area contributed by atoms with Crippen LogP contribution in [0, 0.1) is 0 Å². The molecular formula is C12H14ClNO3S. The van der Waals surface area contributed by atoms with Crippen LogP contribution in [0.5, 0.6) is 0 Å². The second-order valence-electron chi connectivity index (χ2n) is 4.41. The molecule has 0 aliphatic heterocycles. The van der Waals surface area contributed by atoms with E-state index in [-0.39, 0.29) is 0 Å². The predicted octanol–water partition coefficient (Wildman–Crippen LogP) is 2.23. The Morgan fingerprint density at radius 1 is 1.33 bits per heavy atom. The summed E-state index contributed by atoms with van der Waals surface area (Å²) in [5.74, 6) is -1.60. The van der Waals surface area contributed by atoms with Crippen molar-refractivity contribution in [2.24, 2.45) is 0 Å². The van der Waals surface area contributed by atoms with Crippen LogP contribution in [0.25, 0.3) is 0 Å². The van der Waals surface area contributed by atoms with Gasteiger partial charge in [0.2, 0.25) is 0 Å². The molecule has 0 fully saturated rings. The van der Waals surface area contributed by atoms with Crippen molar-refractivity contribution in [3.63, 3.8) is 0 Å². The van der Waals surface area contributed by atoms with E-state index in [0.29, 0.717) is 10.6 Å². The summed E-state index contributed by atoms with van der Waals surface area (Å²) < 4.78 is -0.867. The van der Waals surface area contributed by atoms with Gasteiger partial charge in [0.05, 0.1) is 0 Å². The number of aliphatic carboxylic acids is 1. The zero-order valence-electron chi connectivity index (χ0n) is 9.98. The minimum atomic E-state index is -1.13. The van der Waals surface area contributed by atoms with Crippen molar-refractivity contribution in [2.45, 2.75) is 24.6 Å². The Morgan fingerprint density at radius 2 is 1.83 bits per heavy atom. The van der Waals surface area contributed by atoms with Gasteiger partial charge in [-0.15, -0.1) is 0 Å². The van der Waals surface area contributed by atoms with Gasteiger partial charge in [-0.25, -0.2) is 4.79 Å². The zero-order chi connectivity index (χ0) is 13.9. The molecule has 0 saturated heterocycles. The molecule has 0 heterocycles. The molecule has 1 aromatic rings. The standard InChI is InChI=1S/C12H14ClNO3S/c1-12(2,18)9(11(16)17)14-10(15)7-3-5-8(13)6-4-7/h3-6,9,18H,1-2H3,(H,14,15)(H,16,17)/t9-/m1/s1.